The molecule has 0 bridgehead atoms. The molecule has 7 nitrogen and oxygen atoms in total. The van der Waals surface area contributed by atoms with Gasteiger partial charge in [-0.3, -0.25) is 9.36 Å². The average Bonchev–Trinajstić information content (AvgIpc) is 3.37. The second-order valence-electron chi connectivity index (χ2n) is 10.9. The van der Waals surface area contributed by atoms with Crippen molar-refractivity contribution in [1.82, 2.24) is 4.57 Å². The van der Waals surface area contributed by atoms with Crippen LogP contribution in [0.2, 0.25) is 10.0 Å². The molecule has 0 aliphatic carbocycles. The largest absolute Gasteiger partial charge is 0.496 e. The van der Waals surface area contributed by atoms with Gasteiger partial charge in [0.15, 0.2) is 4.80 Å². The van der Waals surface area contributed by atoms with Gasteiger partial charge < -0.3 is 14.2 Å². The van der Waals surface area contributed by atoms with Crippen molar-refractivity contribution in [1.29, 1.82) is 0 Å². The number of nitrogens with zero attached hydrogens (tertiary/aromatic N) is 2. The number of hydrogen-bond donors (Lipinski definition) is 0. The summed E-state index contributed by atoms with van der Waals surface area (Å²) in [5.41, 5.74) is 2.83. The summed E-state index contributed by atoms with van der Waals surface area (Å²) in [6, 6.07) is 23.5. The van der Waals surface area contributed by atoms with Crippen molar-refractivity contribution in [3.63, 3.8) is 0 Å². The highest BCUT2D eigenvalue weighted by Crippen LogP contribution is 2.41. The van der Waals surface area contributed by atoms with E-state index in [-0.39, 0.29) is 18.8 Å². The zero-order valence-electron chi connectivity index (χ0n) is 26.1. The fourth-order valence-electron chi connectivity index (χ4n) is 5.82. The molecule has 10 heteroatoms. The lowest BCUT2D eigenvalue weighted by molar-refractivity contribution is -0.139. The minimum absolute atomic E-state index is 0.179. The SMILES string of the molecule is CCCC1=C(C(=O)OCC)[C@H](c2c(OC)ccc3ccccc23)n2c(s/c(=C\c3cc(Cl)ccc3OCc3cccc(Cl)c3)c2=O)=N1. The van der Waals surface area contributed by atoms with Crippen molar-refractivity contribution in [2.45, 2.75) is 39.3 Å². The van der Waals surface area contributed by atoms with Gasteiger partial charge in [0.25, 0.3) is 5.56 Å². The third-order valence-electron chi connectivity index (χ3n) is 7.86. The number of fused-ring (bicyclic) bond motifs is 2. The third-order valence-corrected chi connectivity index (χ3v) is 9.31. The van der Waals surface area contributed by atoms with E-state index in [1.807, 2.05) is 61.5 Å². The first-order valence-corrected chi connectivity index (χ1v) is 16.8. The van der Waals surface area contributed by atoms with Gasteiger partial charge in [-0.05, 0) is 72.2 Å². The summed E-state index contributed by atoms with van der Waals surface area (Å²) in [7, 11) is 1.59. The zero-order chi connectivity index (χ0) is 33.1. The van der Waals surface area contributed by atoms with E-state index in [4.69, 9.17) is 42.4 Å². The number of benzene rings is 4. The molecule has 1 aliphatic heterocycles. The molecule has 1 aliphatic rings. The van der Waals surface area contributed by atoms with Crippen molar-refractivity contribution >= 4 is 57.4 Å². The maximum atomic E-state index is 14.5. The highest BCUT2D eigenvalue weighted by molar-refractivity contribution is 7.07. The Labute approximate surface area is 286 Å². The lowest BCUT2D eigenvalue weighted by atomic mass is 9.90. The molecular weight excluding hydrogens is 655 g/mol. The maximum Gasteiger partial charge on any atom is 0.338 e. The Hall–Kier alpha value is -4.37. The summed E-state index contributed by atoms with van der Waals surface area (Å²) in [6.45, 7) is 4.24. The number of carbonyl (C=O) groups excluding carboxylic acids is 1. The molecule has 0 radical (unpaired) electrons. The number of ether oxygens (including phenoxy) is 3. The second-order valence-corrected chi connectivity index (χ2v) is 12.8. The summed E-state index contributed by atoms with van der Waals surface area (Å²) < 4.78 is 19.6. The Morgan fingerprint density at radius 2 is 1.77 bits per heavy atom. The summed E-state index contributed by atoms with van der Waals surface area (Å²) in [5.74, 6) is 0.584. The minimum Gasteiger partial charge on any atom is -0.496 e. The Bertz CT molecular complexity index is 2200. The highest BCUT2D eigenvalue weighted by Gasteiger charge is 2.37. The standard InChI is InChI=1S/C37H32Cl2N2O5S/c1-4-9-28-33(36(43)45-5-2)34(32-27-13-7-6-11-23(27)14-16-30(32)44-3)41-35(42)31(47-37(41)40-28)20-24-19-26(39)15-17-29(24)46-21-22-10-8-12-25(38)18-22/h6-8,10-20,34H,4-5,9,21H2,1-3H3/b31-20-/t34-/m0/s1. The Morgan fingerprint density at radius 1 is 0.979 bits per heavy atom. The van der Waals surface area contributed by atoms with Gasteiger partial charge in [0.05, 0.1) is 29.5 Å². The normalized spacial score (nSPS) is 14.6. The molecule has 0 N–H and O–H groups in total. The predicted octanol–water partition coefficient (Wildman–Crippen LogP) is 7.63. The number of halogens is 2. The van der Waals surface area contributed by atoms with Crippen LogP contribution < -0.4 is 24.4 Å². The van der Waals surface area contributed by atoms with Gasteiger partial charge in [0.2, 0.25) is 0 Å². The van der Waals surface area contributed by atoms with Gasteiger partial charge in [0.1, 0.15) is 24.1 Å². The van der Waals surface area contributed by atoms with Crippen LogP contribution in [0.3, 0.4) is 0 Å². The van der Waals surface area contributed by atoms with Crippen LogP contribution in [0.25, 0.3) is 16.8 Å². The number of esters is 1. The molecule has 47 heavy (non-hydrogen) atoms. The third kappa shape index (κ3) is 6.59. The average molecular weight is 688 g/mol. The molecule has 0 amide bonds. The first-order valence-electron chi connectivity index (χ1n) is 15.3. The van der Waals surface area contributed by atoms with E-state index < -0.39 is 12.0 Å². The number of carbonyl (C=O) groups is 1. The van der Waals surface area contributed by atoms with Gasteiger partial charge >= 0.3 is 5.97 Å². The van der Waals surface area contributed by atoms with Crippen molar-refractivity contribution in [3.8, 4) is 11.5 Å². The predicted molar refractivity (Wildman–Crippen MR) is 187 cm³/mol. The topological polar surface area (TPSA) is 79.1 Å². The van der Waals surface area contributed by atoms with Gasteiger partial charge in [-0.25, -0.2) is 9.79 Å². The number of methoxy groups -OCH3 is 1. The van der Waals surface area contributed by atoms with Crippen LogP contribution in [-0.4, -0.2) is 24.3 Å². The van der Waals surface area contributed by atoms with Crippen LogP contribution in [0.1, 0.15) is 49.4 Å². The van der Waals surface area contributed by atoms with Crippen molar-refractivity contribution in [3.05, 3.63) is 137 Å². The molecule has 1 atom stereocenters. The Balaban J connectivity index is 1.57. The van der Waals surface area contributed by atoms with E-state index in [0.717, 1.165) is 22.8 Å². The zero-order valence-corrected chi connectivity index (χ0v) is 28.4. The fraction of sp³-hybridized carbons (Fsp3) is 0.216. The summed E-state index contributed by atoms with van der Waals surface area (Å²) in [4.78, 5) is 33.7. The summed E-state index contributed by atoms with van der Waals surface area (Å²) >= 11 is 13.8. The monoisotopic (exact) mass is 686 g/mol. The molecule has 240 valence electrons. The van der Waals surface area contributed by atoms with Crippen LogP contribution in [0.15, 0.2) is 99.9 Å². The Kier molecular flexibility index (Phi) is 9.82. The van der Waals surface area contributed by atoms with Crippen molar-refractivity contribution < 1.29 is 19.0 Å². The molecule has 0 saturated carbocycles. The number of hydrogen-bond acceptors (Lipinski definition) is 7. The lowest BCUT2D eigenvalue weighted by Crippen LogP contribution is -2.40. The van der Waals surface area contributed by atoms with E-state index in [9.17, 15) is 9.59 Å². The fourth-order valence-corrected chi connectivity index (χ4v) is 7.23. The first kappa shape index (κ1) is 32.6. The maximum absolute atomic E-state index is 14.5. The molecule has 0 spiro atoms. The number of rotatable bonds is 10. The van der Waals surface area contributed by atoms with Crippen LogP contribution in [0.5, 0.6) is 11.5 Å². The van der Waals surface area contributed by atoms with Crippen LogP contribution in [0, 0.1) is 0 Å². The van der Waals surface area contributed by atoms with Gasteiger partial charge in [-0.2, -0.15) is 0 Å². The molecule has 1 aromatic heterocycles. The second kappa shape index (κ2) is 14.2. The van der Waals surface area contributed by atoms with Gasteiger partial charge in [-0.1, -0.05) is 90.3 Å². The molecular formula is C37H32Cl2N2O5S. The van der Waals surface area contributed by atoms with Crippen LogP contribution in [0.4, 0.5) is 0 Å². The molecule has 5 aromatic rings. The van der Waals surface area contributed by atoms with Gasteiger partial charge in [0, 0.05) is 21.2 Å². The first-order chi connectivity index (χ1) is 22.8. The van der Waals surface area contributed by atoms with E-state index in [2.05, 4.69) is 0 Å². The summed E-state index contributed by atoms with van der Waals surface area (Å²) in [5, 5.41) is 2.92. The van der Waals surface area contributed by atoms with Crippen LogP contribution >= 0.6 is 34.5 Å². The number of allylic oxidation sites excluding steroid dienone is 1. The molecule has 2 heterocycles. The molecule has 0 saturated heterocycles. The van der Waals surface area contributed by atoms with E-state index >= 15 is 0 Å². The summed E-state index contributed by atoms with van der Waals surface area (Å²) in [6.07, 6.45) is 3.03. The lowest BCUT2D eigenvalue weighted by Gasteiger charge is -2.28. The Morgan fingerprint density at radius 3 is 2.53 bits per heavy atom. The van der Waals surface area contributed by atoms with Crippen LogP contribution in [-0.2, 0) is 16.1 Å². The quantitative estimate of drug-likeness (QED) is 0.141. The number of thiazole rings is 1. The van der Waals surface area contributed by atoms with Gasteiger partial charge in [-0.15, -0.1) is 0 Å². The van der Waals surface area contributed by atoms with E-state index in [1.54, 1.807) is 48.9 Å². The van der Waals surface area contributed by atoms with E-state index in [1.165, 1.54) is 11.3 Å². The van der Waals surface area contributed by atoms with Crippen molar-refractivity contribution in [2.24, 2.45) is 4.99 Å². The minimum atomic E-state index is -0.840. The molecule has 0 fully saturated rings. The van der Waals surface area contributed by atoms with Crippen molar-refractivity contribution in [2.75, 3.05) is 13.7 Å². The van der Waals surface area contributed by atoms with E-state index in [0.29, 0.717) is 59.7 Å². The molecule has 4 aromatic carbocycles. The smallest absolute Gasteiger partial charge is 0.338 e. The number of aromatic nitrogens is 1. The molecule has 0 unspecified atom stereocenters. The molecule has 6 rings (SSSR count). The highest BCUT2D eigenvalue weighted by atomic mass is 35.5.